The Balaban J connectivity index is 1.35. The molecule has 1 aliphatic carbocycles. The molecule has 0 spiro atoms. The molecule has 1 saturated carbocycles. The summed E-state index contributed by atoms with van der Waals surface area (Å²) in [6.45, 7) is 2.16. The molecule has 0 unspecified atom stereocenters. The third kappa shape index (κ3) is 3.31. The number of carbonyl (C=O) groups excluding carboxylic acids is 1. The second-order valence-corrected chi connectivity index (χ2v) is 7.41. The average Bonchev–Trinajstić information content (AvgIpc) is 3.39. The van der Waals surface area contributed by atoms with Crippen LogP contribution in [0.2, 0.25) is 0 Å². The maximum absolute atomic E-state index is 12.2. The number of carbonyl (C=O) groups is 1. The molecule has 140 valence electrons. The van der Waals surface area contributed by atoms with Crippen molar-refractivity contribution in [3.05, 3.63) is 47.7 Å². The van der Waals surface area contributed by atoms with Gasteiger partial charge in [-0.25, -0.2) is 4.98 Å². The van der Waals surface area contributed by atoms with E-state index in [0.29, 0.717) is 24.8 Å². The molecule has 6 nitrogen and oxygen atoms in total. The highest BCUT2D eigenvalue weighted by molar-refractivity contribution is 5.94. The normalized spacial score (nSPS) is 21.2. The highest BCUT2D eigenvalue weighted by atomic mass is 16.6. The highest BCUT2D eigenvalue weighted by Crippen LogP contribution is 2.39. The van der Waals surface area contributed by atoms with Crippen molar-refractivity contribution in [3.63, 3.8) is 0 Å². The smallest absolute Gasteiger partial charge is 0.253 e. The molecule has 1 aromatic heterocycles. The van der Waals surface area contributed by atoms with E-state index in [9.17, 15) is 4.79 Å². The summed E-state index contributed by atoms with van der Waals surface area (Å²) in [6, 6.07) is 10.7. The van der Waals surface area contributed by atoms with Crippen LogP contribution in [0, 0.1) is 0 Å². The van der Waals surface area contributed by atoms with E-state index >= 15 is 0 Å². The van der Waals surface area contributed by atoms with Crippen LogP contribution in [0.15, 0.2) is 36.5 Å². The fourth-order valence-corrected chi connectivity index (χ4v) is 3.84. The minimum atomic E-state index is -0.0265. The minimum absolute atomic E-state index is 0.0265. The maximum Gasteiger partial charge on any atom is 0.253 e. The molecular weight excluding hydrogens is 342 g/mol. The van der Waals surface area contributed by atoms with Crippen LogP contribution in [0.5, 0.6) is 11.5 Å². The zero-order valence-corrected chi connectivity index (χ0v) is 15.2. The summed E-state index contributed by atoms with van der Waals surface area (Å²) in [5, 5.41) is 3.00. The van der Waals surface area contributed by atoms with Crippen molar-refractivity contribution in [2.45, 2.75) is 37.8 Å². The van der Waals surface area contributed by atoms with Gasteiger partial charge in [-0.1, -0.05) is 6.07 Å². The third-order valence-corrected chi connectivity index (χ3v) is 5.42. The number of hydrogen-bond acceptors (Lipinski definition) is 5. The van der Waals surface area contributed by atoms with E-state index in [4.69, 9.17) is 9.47 Å². The number of nitrogens with one attached hydrogen (secondary N) is 1. The Hall–Kier alpha value is -2.76. The van der Waals surface area contributed by atoms with Crippen LogP contribution in [0.1, 0.15) is 47.6 Å². The lowest BCUT2D eigenvalue weighted by atomic mass is 10.0. The van der Waals surface area contributed by atoms with E-state index in [-0.39, 0.29) is 11.9 Å². The topological polar surface area (TPSA) is 63.7 Å². The summed E-state index contributed by atoms with van der Waals surface area (Å²) in [4.78, 5) is 19.1. The molecule has 2 aromatic rings. The van der Waals surface area contributed by atoms with Crippen LogP contribution in [-0.4, -0.2) is 36.7 Å². The van der Waals surface area contributed by atoms with Gasteiger partial charge in [0.25, 0.3) is 5.91 Å². The second kappa shape index (κ2) is 6.76. The fourth-order valence-electron chi connectivity index (χ4n) is 3.84. The summed E-state index contributed by atoms with van der Waals surface area (Å²) in [5.74, 6) is 2.53. The van der Waals surface area contributed by atoms with Gasteiger partial charge < -0.3 is 19.7 Å². The Morgan fingerprint density at radius 2 is 1.93 bits per heavy atom. The standard InChI is InChI=1S/C21H23N3O3/c25-21(23-16-5-6-16)15-4-8-20(22-13-15)24-9-1-2-17(24)14-3-7-18-19(12-14)27-11-10-26-18/h3-4,7-8,12-13,16-17H,1-2,5-6,9-11H2,(H,23,25)/t17-/m1/s1. The lowest BCUT2D eigenvalue weighted by Gasteiger charge is -2.27. The summed E-state index contributed by atoms with van der Waals surface area (Å²) in [7, 11) is 0. The number of pyridine rings is 1. The van der Waals surface area contributed by atoms with E-state index in [1.807, 2.05) is 18.2 Å². The number of rotatable bonds is 4. The van der Waals surface area contributed by atoms with Gasteiger partial charge in [0.05, 0.1) is 11.6 Å². The summed E-state index contributed by atoms with van der Waals surface area (Å²) >= 11 is 0. The second-order valence-electron chi connectivity index (χ2n) is 7.41. The molecule has 1 atom stereocenters. The Bertz CT molecular complexity index is 848. The zero-order valence-electron chi connectivity index (χ0n) is 15.2. The molecule has 6 heteroatoms. The lowest BCUT2D eigenvalue weighted by Crippen LogP contribution is -2.26. The van der Waals surface area contributed by atoms with Gasteiger partial charge in [0, 0.05) is 18.8 Å². The largest absolute Gasteiger partial charge is 0.486 e. The molecule has 1 N–H and O–H groups in total. The monoisotopic (exact) mass is 365 g/mol. The first-order valence-corrected chi connectivity index (χ1v) is 9.71. The van der Waals surface area contributed by atoms with E-state index < -0.39 is 0 Å². The fraction of sp³-hybridized carbons (Fsp3) is 0.429. The minimum Gasteiger partial charge on any atom is -0.486 e. The van der Waals surface area contributed by atoms with E-state index in [0.717, 1.165) is 49.5 Å². The van der Waals surface area contributed by atoms with Crippen molar-refractivity contribution < 1.29 is 14.3 Å². The summed E-state index contributed by atoms with van der Waals surface area (Å²) < 4.78 is 11.4. The number of amides is 1. The van der Waals surface area contributed by atoms with Gasteiger partial charge in [-0.3, -0.25) is 4.79 Å². The van der Waals surface area contributed by atoms with Crippen LogP contribution >= 0.6 is 0 Å². The first-order valence-electron chi connectivity index (χ1n) is 9.71. The van der Waals surface area contributed by atoms with Crippen LogP contribution in [0.4, 0.5) is 5.82 Å². The van der Waals surface area contributed by atoms with Crippen LogP contribution in [-0.2, 0) is 0 Å². The number of benzene rings is 1. The van der Waals surface area contributed by atoms with Gasteiger partial charge in [0.15, 0.2) is 11.5 Å². The Kier molecular flexibility index (Phi) is 4.11. The predicted molar refractivity (Wildman–Crippen MR) is 101 cm³/mol. The molecule has 1 saturated heterocycles. The molecular formula is C21H23N3O3. The van der Waals surface area contributed by atoms with E-state index in [1.165, 1.54) is 5.56 Å². The van der Waals surface area contributed by atoms with Crippen LogP contribution in [0.3, 0.4) is 0 Å². The molecule has 1 amide bonds. The third-order valence-electron chi connectivity index (χ3n) is 5.42. The van der Waals surface area contributed by atoms with Crippen molar-refractivity contribution in [2.75, 3.05) is 24.7 Å². The van der Waals surface area contributed by atoms with Crippen LogP contribution in [0.25, 0.3) is 0 Å². The first-order chi connectivity index (χ1) is 13.3. The molecule has 1 aromatic carbocycles. The van der Waals surface area contributed by atoms with Gasteiger partial charge in [-0.2, -0.15) is 0 Å². The maximum atomic E-state index is 12.2. The Morgan fingerprint density at radius 3 is 2.70 bits per heavy atom. The number of fused-ring (bicyclic) bond motifs is 1. The number of ether oxygens (including phenoxy) is 2. The van der Waals surface area contributed by atoms with Crippen molar-refractivity contribution >= 4 is 11.7 Å². The SMILES string of the molecule is O=C(NC1CC1)c1ccc(N2CCC[C@@H]2c2ccc3c(c2)OCCO3)nc1. The quantitative estimate of drug-likeness (QED) is 0.902. The molecule has 3 aliphatic rings. The van der Waals surface area contributed by atoms with Gasteiger partial charge in [-0.15, -0.1) is 0 Å². The lowest BCUT2D eigenvalue weighted by molar-refractivity contribution is 0.0950. The Morgan fingerprint density at radius 1 is 1.07 bits per heavy atom. The zero-order chi connectivity index (χ0) is 18.2. The van der Waals surface area contributed by atoms with E-state index in [1.54, 1.807) is 6.20 Å². The highest BCUT2D eigenvalue weighted by Gasteiger charge is 2.29. The Labute approximate surface area is 158 Å². The molecule has 27 heavy (non-hydrogen) atoms. The first kappa shape index (κ1) is 16.4. The molecule has 2 fully saturated rings. The molecule has 0 bridgehead atoms. The van der Waals surface area contributed by atoms with Gasteiger partial charge in [0.1, 0.15) is 19.0 Å². The summed E-state index contributed by atoms with van der Waals surface area (Å²) in [5.41, 5.74) is 1.84. The number of hydrogen-bond donors (Lipinski definition) is 1. The van der Waals surface area contributed by atoms with E-state index in [2.05, 4.69) is 27.3 Å². The predicted octanol–water partition coefficient (Wildman–Crippen LogP) is 3.09. The van der Waals surface area contributed by atoms with Gasteiger partial charge in [-0.05, 0) is 55.5 Å². The van der Waals surface area contributed by atoms with Crippen LogP contribution < -0.4 is 19.7 Å². The van der Waals surface area contributed by atoms with Gasteiger partial charge >= 0.3 is 0 Å². The molecule has 3 heterocycles. The molecule has 5 rings (SSSR count). The summed E-state index contributed by atoms with van der Waals surface area (Å²) in [6.07, 6.45) is 6.05. The van der Waals surface area contributed by atoms with Gasteiger partial charge in [0.2, 0.25) is 0 Å². The number of nitrogens with zero attached hydrogens (tertiary/aromatic N) is 2. The average molecular weight is 365 g/mol. The number of anilines is 1. The van der Waals surface area contributed by atoms with Crippen molar-refractivity contribution in [2.24, 2.45) is 0 Å². The molecule has 2 aliphatic heterocycles. The van der Waals surface area contributed by atoms with Crippen molar-refractivity contribution in [1.29, 1.82) is 0 Å². The van der Waals surface area contributed by atoms with Crippen molar-refractivity contribution in [3.8, 4) is 11.5 Å². The van der Waals surface area contributed by atoms with Crippen molar-refractivity contribution in [1.82, 2.24) is 10.3 Å². The molecule has 0 radical (unpaired) electrons. The number of aromatic nitrogens is 1.